The molecule has 7 nitrogen and oxygen atoms in total. The molecule has 1 aromatic heterocycles. The summed E-state index contributed by atoms with van der Waals surface area (Å²) in [5, 5.41) is 6.59. The molecule has 2 N–H and O–H groups in total. The van der Waals surface area contributed by atoms with Crippen molar-refractivity contribution in [3.63, 3.8) is 0 Å². The predicted molar refractivity (Wildman–Crippen MR) is 137 cm³/mol. The normalized spacial score (nSPS) is 22.1. The van der Waals surface area contributed by atoms with Crippen molar-refractivity contribution in [3.05, 3.63) is 52.1 Å². The van der Waals surface area contributed by atoms with Gasteiger partial charge in [-0.25, -0.2) is 4.98 Å². The highest BCUT2D eigenvalue weighted by Gasteiger charge is 2.30. The fourth-order valence-corrected chi connectivity index (χ4v) is 5.10. The van der Waals surface area contributed by atoms with Crippen LogP contribution in [0.15, 0.2) is 36.5 Å². The molecule has 0 spiro atoms. The van der Waals surface area contributed by atoms with Gasteiger partial charge in [-0.2, -0.15) is 0 Å². The van der Waals surface area contributed by atoms with Crippen molar-refractivity contribution in [3.8, 4) is 0 Å². The quantitative estimate of drug-likeness (QED) is 0.613. The number of nitrogens with zero attached hydrogens (tertiary/aromatic N) is 3. The standard InChI is InChI=1S/C25H31Cl2N5O2/c1-31-11-2-12-32(14-13-31)20-7-3-17(4-8-20)24(33)29-22-9-5-18(26)15-21(22)25(34)30-23-10-6-19(27)16-28-23/h5-6,9-10,15-17,20H,2-4,7-8,11-14H2,1H3,(H,29,33)(H,28,30,34). The van der Waals surface area contributed by atoms with E-state index in [9.17, 15) is 9.59 Å². The lowest BCUT2D eigenvalue weighted by molar-refractivity contribution is -0.121. The van der Waals surface area contributed by atoms with Crippen molar-refractivity contribution >= 4 is 46.5 Å². The number of amides is 2. The van der Waals surface area contributed by atoms with Crippen molar-refractivity contribution < 1.29 is 9.59 Å². The third-order valence-electron chi connectivity index (χ3n) is 6.79. The highest BCUT2D eigenvalue weighted by Crippen LogP contribution is 2.30. The van der Waals surface area contributed by atoms with Gasteiger partial charge in [-0.05, 0) is 82.6 Å². The summed E-state index contributed by atoms with van der Waals surface area (Å²) in [6, 6.07) is 8.70. The van der Waals surface area contributed by atoms with Crippen LogP contribution in [-0.4, -0.2) is 65.9 Å². The molecule has 0 unspecified atom stereocenters. The molecule has 2 heterocycles. The summed E-state index contributed by atoms with van der Waals surface area (Å²) in [6.07, 6.45) is 6.41. The average molecular weight is 504 g/mol. The Morgan fingerprint density at radius 2 is 1.71 bits per heavy atom. The van der Waals surface area contributed by atoms with Crippen LogP contribution in [-0.2, 0) is 4.79 Å². The van der Waals surface area contributed by atoms with E-state index in [2.05, 4.69) is 32.5 Å². The SMILES string of the molecule is CN1CCCN(C2CCC(C(=O)Nc3ccc(Cl)cc3C(=O)Nc3ccc(Cl)cn3)CC2)CC1. The van der Waals surface area contributed by atoms with Gasteiger partial charge < -0.3 is 15.5 Å². The number of anilines is 2. The second-order valence-electron chi connectivity index (χ2n) is 9.19. The third-order valence-corrected chi connectivity index (χ3v) is 7.25. The van der Waals surface area contributed by atoms with Crippen LogP contribution in [0.1, 0.15) is 42.5 Å². The first-order valence-corrected chi connectivity index (χ1v) is 12.6. The van der Waals surface area contributed by atoms with Crippen LogP contribution in [0.4, 0.5) is 11.5 Å². The van der Waals surface area contributed by atoms with Crippen LogP contribution in [0.5, 0.6) is 0 Å². The van der Waals surface area contributed by atoms with Crippen molar-refractivity contribution in [2.24, 2.45) is 5.92 Å². The molecule has 1 aromatic carbocycles. The summed E-state index contributed by atoms with van der Waals surface area (Å²) in [5.41, 5.74) is 0.735. The van der Waals surface area contributed by atoms with Crippen molar-refractivity contribution in [1.29, 1.82) is 0 Å². The smallest absolute Gasteiger partial charge is 0.258 e. The first kappa shape index (κ1) is 24.9. The van der Waals surface area contributed by atoms with Gasteiger partial charge in [0.2, 0.25) is 5.91 Å². The van der Waals surface area contributed by atoms with E-state index < -0.39 is 5.91 Å². The molecule has 1 saturated heterocycles. The lowest BCUT2D eigenvalue weighted by atomic mass is 9.84. The van der Waals surface area contributed by atoms with E-state index in [0.717, 1.165) is 51.9 Å². The van der Waals surface area contributed by atoms with E-state index in [4.69, 9.17) is 23.2 Å². The Hall–Kier alpha value is -2.19. The Labute approximate surface area is 210 Å². The number of hydrogen-bond acceptors (Lipinski definition) is 5. The van der Waals surface area contributed by atoms with Gasteiger partial charge in [-0.15, -0.1) is 0 Å². The van der Waals surface area contributed by atoms with Crippen LogP contribution in [0.25, 0.3) is 0 Å². The zero-order chi connectivity index (χ0) is 24.1. The minimum Gasteiger partial charge on any atom is -0.325 e. The van der Waals surface area contributed by atoms with E-state index >= 15 is 0 Å². The number of aromatic nitrogens is 1. The second kappa shape index (κ2) is 11.5. The molecule has 2 aromatic rings. The average Bonchev–Trinajstić information content (AvgIpc) is 3.06. The third kappa shape index (κ3) is 6.48. The maximum atomic E-state index is 13.1. The van der Waals surface area contributed by atoms with Crippen molar-refractivity contribution in [1.82, 2.24) is 14.8 Å². The minimum atomic E-state index is -0.400. The molecule has 0 radical (unpaired) electrons. The molecule has 0 atom stereocenters. The Morgan fingerprint density at radius 1 is 0.941 bits per heavy atom. The summed E-state index contributed by atoms with van der Waals surface area (Å²) in [4.78, 5) is 35.1. The number of halogens is 2. The van der Waals surface area contributed by atoms with Crippen LogP contribution < -0.4 is 10.6 Å². The molecule has 1 aliphatic carbocycles. The topological polar surface area (TPSA) is 77.6 Å². The van der Waals surface area contributed by atoms with Gasteiger partial charge in [0.1, 0.15) is 5.82 Å². The molecule has 2 amide bonds. The summed E-state index contributed by atoms with van der Waals surface area (Å²) >= 11 is 12.0. The van der Waals surface area contributed by atoms with Crippen LogP contribution in [0.2, 0.25) is 10.0 Å². The number of benzene rings is 1. The van der Waals surface area contributed by atoms with E-state index in [1.807, 2.05) is 0 Å². The molecular formula is C25H31Cl2N5O2. The number of pyridine rings is 1. The van der Waals surface area contributed by atoms with E-state index in [1.54, 1.807) is 30.3 Å². The fraction of sp³-hybridized carbons (Fsp3) is 0.480. The molecule has 34 heavy (non-hydrogen) atoms. The minimum absolute atomic E-state index is 0.0463. The Bertz CT molecular complexity index is 1010. The van der Waals surface area contributed by atoms with Gasteiger partial charge in [-0.1, -0.05) is 23.2 Å². The zero-order valence-electron chi connectivity index (χ0n) is 19.4. The Morgan fingerprint density at radius 3 is 2.44 bits per heavy atom. The fourth-order valence-electron chi connectivity index (χ4n) is 4.82. The Balaban J connectivity index is 1.36. The zero-order valence-corrected chi connectivity index (χ0v) is 20.9. The highest BCUT2D eigenvalue weighted by molar-refractivity contribution is 6.31. The predicted octanol–water partition coefficient (Wildman–Crippen LogP) is 4.78. The van der Waals surface area contributed by atoms with Crippen molar-refractivity contribution in [2.75, 3.05) is 43.9 Å². The van der Waals surface area contributed by atoms with Gasteiger partial charge >= 0.3 is 0 Å². The monoisotopic (exact) mass is 503 g/mol. The van der Waals surface area contributed by atoms with Gasteiger partial charge in [0, 0.05) is 36.3 Å². The van der Waals surface area contributed by atoms with Crippen LogP contribution >= 0.6 is 23.2 Å². The Kier molecular flexibility index (Phi) is 8.42. The summed E-state index contributed by atoms with van der Waals surface area (Å²) in [5.74, 6) is -0.141. The van der Waals surface area contributed by atoms with Gasteiger partial charge in [0.25, 0.3) is 5.91 Å². The number of carbonyl (C=O) groups excluding carboxylic acids is 2. The van der Waals surface area contributed by atoms with E-state index in [-0.39, 0.29) is 11.8 Å². The summed E-state index contributed by atoms with van der Waals surface area (Å²) < 4.78 is 0. The maximum absolute atomic E-state index is 13.1. The number of likely N-dealkylation sites (N-methyl/N-ethyl adjacent to an activating group) is 1. The summed E-state index contributed by atoms with van der Waals surface area (Å²) in [7, 11) is 2.18. The highest BCUT2D eigenvalue weighted by atomic mass is 35.5. The molecule has 182 valence electrons. The maximum Gasteiger partial charge on any atom is 0.258 e. The first-order valence-electron chi connectivity index (χ1n) is 11.8. The molecule has 4 rings (SSSR count). The van der Waals surface area contributed by atoms with Crippen molar-refractivity contribution in [2.45, 2.75) is 38.1 Å². The lowest BCUT2D eigenvalue weighted by Gasteiger charge is -2.36. The number of nitrogens with one attached hydrogen (secondary N) is 2. The molecular weight excluding hydrogens is 473 g/mol. The van der Waals surface area contributed by atoms with E-state index in [1.165, 1.54) is 12.6 Å². The molecule has 0 bridgehead atoms. The van der Waals surface area contributed by atoms with Crippen LogP contribution in [0, 0.1) is 5.92 Å². The summed E-state index contributed by atoms with van der Waals surface area (Å²) in [6.45, 7) is 4.49. The molecule has 1 saturated carbocycles. The second-order valence-corrected chi connectivity index (χ2v) is 10.1. The molecule has 9 heteroatoms. The van der Waals surface area contributed by atoms with Gasteiger partial charge in [-0.3, -0.25) is 14.5 Å². The molecule has 1 aliphatic heterocycles. The number of carbonyl (C=O) groups is 2. The number of hydrogen-bond donors (Lipinski definition) is 2. The van der Waals surface area contributed by atoms with E-state index in [0.29, 0.717) is 33.2 Å². The molecule has 2 aliphatic rings. The van der Waals surface area contributed by atoms with Crippen LogP contribution in [0.3, 0.4) is 0 Å². The first-order chi connectivity index (χ1) is 16.4. The lowest BCUT2D eigenvalue weighted by Crippen LogP contribution is -2.41. The largest absolute Gasteiger partial charge is 0.325 e. The van der Waals surface area contributed by atoms with Gasteiger partial charge in [0.15, 0.2) is 0 Å². The van der Waals surface area contributed by atoms with Gasteiger partial charge in [0.05, 0.1) is 16.3 Å². The molecule has 2 fully saturated rings. The number of rotatable bonds is 5.